The van der Waals surface area contributed by atoms with Crippen LogP contribution in [0.5, 0.6) is 5.75 Å². The van der Waals surface area contributed by atoms with E-state index in [4.69, 9.17) is 4.74 Å². The van der Waals surface area contributed by atoms with Crippen LogP contribution in [-0.2, 0) is 0 Å². The Bertz CT molecular complexity index is 2910. The SMILES string of the molecule is CCCCCCCCN1C(=O)c2ccc3c4c(-c5ccc(OC)cc5)cc5c6c(ccc(c7c(-c8ccc(C=O)cc8)cc(c2c37)C1=O)c64)C(=O)N(CCCCCCCC)C5=O. The molecule has 2 aliphatic heterocycles. The van der Waals surface area contributed by atoms with Crippen molar-refractivity contribution in [3.8, 4) is 28.0 Å². The van der Waals surface area contributed by atoms with Gasteiger partial charge in [-0.25, -0.2) is 0 Å². The van der Waals surface area contributed by atoms with E-state index >= 15 is 0 Å². The molecule has 0 saturated heterocycles. The molecule has 9 rings (SSSR count). The number of carbonyl (C=O) groups is 5. The third-order valence-corrected chi connectivity index (χ3v) is 13.2. The molecule has 0 unspecified atom stereocenters. The van der Waals surface area contributed by atoms with Crippen molar-refractivity contribution in [1.82, 2.24) is 9.80 Å². The zero-order valence-corrected chi connectivity index (χ0v) is 35.9. The predicted molar refractivity (Wildman–Crippen MR) is 248 cm³/mol. The average molecular weight is 825 g/mol. The molecule has 4 amide bonds. The van der Waals surface area contributed by atoms with Gasteiger partial charge in [0.1, 0.15) is 12.0 Å². The van der Waals surface area contributed by atoms with E-state index in [-0.39, 0.29) is 23.6 Å². The highest BCUT2D eigenvalue weighted by Crippen LogP contribution is 2.52. The van der Waals surface area contributed by atoms with Crippen LogP contribution in [0.3, 0.4) is 0 Å². The van der Waals surface area contributed by atoms with Gasteiger partial charge in [-0.1, -0.05) is 127 Å². The first-order chi connectivity index (χ1) is 30.3. The Labute approximate surface area is 362 Å². The largest absolute Gasteiger partial charge is 0.497 e. The Hall–Kier alpha value is -6.41. The maximum absolute atomic E-state index is 14.7. The van der Waals surface area contributed by atoms with E-state index in [0.717, 1.165) is 125 Å². The topological polar surface area (TPSA) is 101 Å². The van der Waals surface area contributed by atoms with Crippen molar-refractivity contribution in [3.63, 3.8) is 0 Å². The number of carbonyl (C=O) groups excluding carboxylic acids is 5. The number of fused-ring (bicyclic) bond motifs is 2. The van der Waals surface area contributed by atoms with Gasteiger partial charge in [0, 0.05) is 51.7 Å². The summed E-state index contributed by atoms with van der Waals surface area (Å²) in [6, 6.07) is 26.6. The molecule has 7 aromatic carbocycles. The number of methoxy groups -OCH3 is 1. The summed E-state index contributed by atoms with van der Waals surface area (Å²) in [4.78, 5) is 73.1. The second-order valence-electron chi connectivity index (χ2n) is 17.0. The number of hydrogen-bond acceptors (Lipinski definition) is 6. The number of hydrogen-bond donors (Lipinski definition) is 0. The van der Waals surface area contributed by atoms with E-state index < -0.39 is 0 Å². The molecule has 0 bridgehead atoms. The predicted octanol–water partition coefficient (Wildman–Crippen LogP) is 12.8. The van der Waals surface area contributed by atoms with E-state index in [2.05, 4.69) is 13.8 Å². The van der Waals surface area contributed by atoms with Gasteiger partial charge >= 0.3 is 0 Å². The van der Waals surface area contributed by atoms with Crippen LogP contribution in [0.4, 0.5) is 0 Å². The molecule has 0 spiro atoms. The highest BCUT2D eigenvalue weighted by molar-refractivity contribution is 6.44. The third kappa shape index (κ3) is 6.80. The lowest BCUT2D eigenvalue weighted by molar-refractivity contribution is 0.0592. The van der Waals surface area contributed by atoms with Crippen molar-refractivity contribution in [3.05, 3.63) is 113 Å². The second kappa shape index (κ2) is 17.2. The Kier molecular flexibility index (Phi) is 11.3. The number of benzene rings is 7. The van der Waals surface area contributed by atoms with Crippen LogP contribution < -0.4 is 4.74 Å². The molecule has 62 heavy (non-hydrogen) atoms. The Morgan fingerprint density at radius 1 is 0.435 bits per heavy atom. The minimum Gasteiger partial charge on any atom is -0.497 e. The lowest BCUT2D eigenvalue weighted by Crippen LogP contribution is -2.41. The molecular weight excluding hydrogens is 773 g/mol. The highest BCUT2D eigenvalue weighted by Gasteiger charge is 2.38. The highest BCUT2D eigenvalue weighted by atomic mass is 16.5. The fourth-order valence-corrected chi connectivity index (χ4v) is 10.0. The van der Waals surface area contributed by atoms with E-state index in [1.54, 1.807) is 19.2 Å². The molecular formula is C54H52N2O6. The number of amides is 4. The van der Waals surface area contributed by atoms with E-state index in [0.29, 0.717) is 57.4 Å². The lowest BCUT2D eigenvalue weighted by atomic mass is 9.78. The molecule has 0 aromatic heterocycles. The Morgan fingerprint density at radius 3 is 1.26 bits per heavy atom. The van der Waals surface area contributed by atoms with Gasteiger partial charge < -0.3 is 4.74 Å². The summed E-state index contributed by atoms with van der Waals surface area (Å²) < 4.78 is 5.54. The van der Waals surface area contributed by atoms with Crippen LogP contribution >= 0.6 is 0 Å². The van der Waals surface area contributed by atoms with Gasteiger partial charge in [-0.3, -0.25) is 33.8 Å². The summed E-state index contributed by atoms with van der Waals surface area (Å²) >= 11 is 0. The second-order valence-corrected chi connectivity index (χ2v) is 17.0. The number of imide groups is 2. The van der Waals surface area contributed by atoms with Crippen LogP contribution in [-0.4, -0.2) is 59.9 Å². The van der Waals surface area contributed by atoms with Crippen molar-refractivity contribution >= 4 is 73.0 Å². The zero-order valence-electron chi connectivity index (χ0n) is 35.9. The van der Waals surface area contributed by atoms with Gasteiger partial charge in [0.25, 0.3) is 23.6 Å². The van der Waals surface area contributed by atoms with Crippen LogP contribution in [0, 0.1) is 0 Å². The smallest absolute Gasteiger partial charge is 0.261 e. The normalized spacial score (nSPS) is 13.8. The molecule has 0 saturated carbocycles. The fraction of sp³-hybridized carbons (Fsp3) is 0.315. The molecule has 0 atom stereocenters. The van der Waals surface area contributed by atoms with Gasteiger partial charge in [-0.05, 0) is 104 Å². The third-order valence-electron chi connectivity index (χ3n) is 13.2. The average Bonchev–Trinajstić information content (AvgIpc) is 3.30. The molecule has 0 radical (unpaired) electrons. The molecule has 8 nitrogen and oxygen atoms in total. The summed E-state index contributed by atoms with van der Waals surface area (Å²) in [7, 11) is 1.62. The first kappa shape index (κ1) is 41.0. The molecule has 2 aliphatic rings. The summed E-state index contributed by atoms with van der Waals surface area (Å²) in [5.41, 5.74) is 5.62. The van der Waals surface area contributed by atoms with Crippen molar-refractivity contribution in [2.45, 2.75) is 90.9 Å². The maximum Gasteiger partial charge on any atom is 0.261 e. The van der Waals surface area contributed by atoms with E-state index in [1.165, 1.54) is 22.6 Å². The molecule has 7 aromatic rings. The summed E-state index contributed by atoms with van der Waals surface area (Å²) in [6.07, 6.45) is 13.2. The number of ether oxygens (including phenoxy) is 1. The van der Waals surface area contributed by atoms with E-state index in [1.807, 2.05) is 72.8 Å². The standard InChI is InChI=1S/C54H52N2O6/c1-4-6-8-10-12-14-28-55-51(58)39-27-25-38-46-42(35-20-22-36(62-3)23-21-35)31-44-48-40(52(59)56(54(44)61)29-15-13-11-9-7-5-2)26-24-37(50(46)48)45-41(34-18-16-33(32-57)17-19-34)30-43(53(55)60)47(39)49(38)45/h16-27,30-32H,4-15,28-29H2,1-3H3. The number of nitrogens with zero attached hydrogens (tertiary/aromatic N) is 2. The number of aldehydes is 1. The summed E-state index contributed by atoms with van der Waals surface area (Å²) in [5, 5.41) is 6.05. The molecule has 0 N–H and O–H groups in total. The first-order valence-corrected chi connectivity index (χ1v) is 22.5. The quantitative estimate of drug-likeness (QED) is 0.0281. The van der Waals surface area contributed by atoms with Crippen LogP contribution in [0.15, 0.2) is 84.9 Å². The fourth-order valence-electron chi connectivity index (χ4n) is 10.0. The minimum absolute atomic E-state index is 0.298. The summed E-state index contributed by atoms with van der Waals surface area (Å²) in [6.45, 7) is 5.05. The minimum atomic E-state index is -0.321. The summed E-state index contributed by atoms with van der Waals surface area (Å²) in [5.74, 6) is -0.538. The van der Waals surface area contributed by atoms with Gasteiger partial charge in [0.15, 0.2) is 0 Å². The van der Waals surface area contributed by atoms with E-state index in [9.17, 15) is 24.0 Å². The number of rotatable bonds is 18. The first-order valence-electron chi connectivity index (χ1n) is 22.5. The van der Waals surface area contributed by atoms with Gasteiger partial charge in [-0.2, -0.15) is 0 Å². The Balaban J connectivity index is 1.32. The van der Waals surface area contributed by atoms with Crippen molar-refractivity contribution in [2.75, 3.05) is 20.2 Å². The van der Waals surface area contributed by atoms with Crippen LogP contribution in [0.25, 0.3) is 65.3 Å². The lowest BCUT2D eigenvalue weighted by Gasteiger charge is -2.32. The van der Waals surface area contributed by atoms with Gasteiger partial charge in [-0.15, -0.1) is 0 Å². The molecule has 8 heteroatoms. The van der Waals surface area contributed by atoms with Gasteiger partial charge in [0.05, 0.1) is 7.11 Å². The van der Waals surface area contributed by atoms with Crippen molar-refractivity contribution in [2.24, 2.45) is 0 Å². The van der Waals surface area contributed by atoms with Crippen LogP contribution in [0.1, 0.15) is 143 Å². The molecule has 0 aliphatic carbocycles. The maximum atomic E-state index is 14.7. The molecule has 314 valence electrons. The number of unbranched alkanes of at least 4 members (excludes halogenated alkanes) is 10. The Morgan fingerprint density at radius 2 is 0.839 bits per heavy atom. The monoisotopic (exact) mass is 824 g/mol. The molecule has 2 heterocycles. The van der Waals surface area contributed by atoms with Crippen LogP contribution in [0.2, 0.25) is 0 Å². The molecule has 0 fully saturated rings. The van der Waals surface area contributed by atoms with Crippen molar-refractivity contribution < 1.29 is 28.7 Å². The zero-order chi connectivity index (χ0) is 43.1. The van der Waals surface area contributed by atoms with Crippen molar-refractivity contribution in [1.29, 1.82) is 0 Å². The van der Waals surface area contributed by atoms with Gasteiger partial charge in [0.2, 0.25) is 0 Å².